The van der Waals surface area contributed by atoms with Crippen LogP contribution in [0, 0.1) is 22.7 Å². The molecule has 2 aromatic heterocycles. The number of aliphatic hydroxyl groups excluding tert-OH is 1. The van der Waals surface area contributed by atoms with Crippen molar-refractivity contribution >= 4 is 41.7 Å². The van der Waals surface area contributed by atoms with Crippen molar-refractivity contribution in [3.63, 3.8) is 0 Å². The van der Waals surface area contributed by atoms with Gasteiger partial charge in [0.25, 0.3) is 0 Å². The van der Waals surface area contributed by atoms with Crippen LogP contribution in [-0.2, 0) is 14.2 Å². The average Bonchev–Trinajstić information content (AvgIpc) is 3.96. The van der Waals surface area contributed by atoms with Gasteiger partial charge in [-0.05, 0) is 87.2 Å². The first-order chi connectivity index (χ1) is 29.5. The molecule has 2 aliphatic heterocycles. The number of ether oxygens (including phenoxy) is 5. The van der Waals surface area contributed by atoms with E-state index in [9.17, 15) is 9.90 Å². The third-order valence-electron chi connectivity index (χ3n) is 13.1. The molecule has 62 heavy (non-hydrogen) atoms. The van der Waals surface area contributed by atoms with Gasteiger partial charge in [-0.25, -0.2) is 9.18 Å². The van der Waals surface area contributed by atoms with Crippen molar-refractivity contribution in [1.29, 1.82) is 0 Å². The molecular weight excluding hydrogens is 806 g/mol. The van der Waals surface area contributed by atoms with Gasteiger partial charge in [0.05, 0.1) is 36.8 Å². The number of anilines is 1. The predicted octanol–water partition coefficient (Wildman–Crippen LogP) is 9.29. The number of methoxy groups -OCH3 is 1. The molecule has 1 aliphatic carbocycles. The normalized spacial score (nSPS) is 19.7. The average molecular weight is 870 g/mol. The zero-order chi connectivity index (χ0) is 44.7. The van der Waals surface area contributed by atoms with E-state index in [0.717, 1.165) is 29.2 Å². The number of rotatable bonds is 14. The Labute approximate surface area is 366 Å². The van der Waals surface area contributed by atoms with Crippen molar-refractivity contribution in [2.45, 2.75) is 129 Å². The highest BCUT2D eigenvalue weighted by Gasteiger charge is 2.51. The number of fused-ring (bicyclic) bond motifs is 4. The molecular formula is C48H64FN5O7Si. The largest absolute Gasteiger partial charge is 0.468 e. The number of aliphatic hydroxyl groups is 1. The summed E-state index contributed by atoms with van der Waals surface area (Å²) in [6.45, 7) is 22.6. The molecule has 1 amide bonds. The zero-order valence-electron chi connectivity index (χ0n) is 38.3. The third kappa shape index (κ3) is 8.83. The molecule has 4 heterocycles. The molecule has 7 rings (SSSR count). The lowest BCUT2D eigenvalue weighted by Gasteiger charge is -2.42. The van der Waals surface area contributed by atoms with Gasteiger partial charge in [0, 0.05) is 54.9 Å². The van der Waals surface area contributed by atoms with E-state index in [-0.39, 0.29) is 66.9 Å². The number of piperazine rings is 1. The van der Waals surface area contributed by atoms with Crippen molar-refractivity contribution in [3.8, 4) is 34.5 Å². The van der Waals surface area contributed by atoms with E-state index < -0.39 is 19.5 Å². The Balaban J connectivity index is 1.39. The van der Waals surface area contributed by atoms with Crippen LogP contribution in [0.2, 0.25) is 16.6 Å². The molecule has 2 bridgehead atoms. The second-order valence-electron chi connectivity index (χ2n) is 19.3. The summed E-state index contributed by atoms with van der Waals surface area (Å²) in [5.41, 5.74) is 5.51. The highest BCUT2D eigenvalue weighted by atomic mass is 28.3. The van der Waals surface area contributed by atoms with Gasteiger partial charge in [-0.3, -0.25) is 9.88 Å². The van der Waals surface area contributed by atoms with E-state index in [1.54, 1.807) is 24.3 Å². The lowest BCUT2D eigenvalue weighted by molar-refractivity contribution is -0.00330. The summed E-state index contributed by atoms with van der Waals surface area (Å²) in [4.78, 5) is 32.0. The number of benzene rings is 2. The Morgan fingerprint density at radius 1 is 1.05 bits per heavy atom. The number of pyridine rings is 1. The molecule has 3 atom stereocenters. The van der Waals surface area contributed by atoms with Gasteiger partial charge >= 0.3 is 12.1 Å². The number of carbonyl (C=O) groups excluding carboxylic acids is 1. The summed E-state index contributed by atoms with van der Waals surface area (Å²) in [7, 11) is -0.583. The van der Waals surface area contributed by atoms with Crippen LogP contribution in [-0.4, -0.2) is 110 Å². The maximum atomic E-state index is 17.8. The minimum absolute atomic E-state index is 0.00232. The van der Waals surface area contributed by atoms with Gasteiger partial charge in [-0.1, -0.05) is 59.6 Å². The topological polar surface area (TPSA) is 129 Å². The van der Waals surface area contributed by atoms with Crippen molar-refractivity contribution in [3.05, 3.63) is 47.9 Å². The van der Waals surface area contributed by atoms with E-state index in [1.807, 2.05) is 52.0 Å². The molecule has 3 aliphatic rings. The second kappa shape index (κ2) is 17.9. The number of halogens is 1. The van der Waals surface area contributed by atoms with E-state index in [1.165, 1.54) is 0 Å². The molecule has 12 nitrogen and oxygen atoms in total. The number of nitrogens with zero attached hydrogens (tertiary/aromatic N) is 5. The van der Waals surface area contributed by atoms with E-state index in [4.69, 9.17) is 38.6 Å². The molecule has 3 unspecified atom stereocenters. The quantitative estimate of drug-likeness (QED) is 0.0740. The first kappa shape index (κ1) is 45.5. The molecule has 1 saturated carbocycles. The number of aromatic nitrogens is 3. The molecule has 1 N–H and O–H groups in total. The summed E-state index contributed by atoms with van der Waals surface area (Å²) in [6.07, 6.45) is 3.26. The number of carbonyl (C=O) groups is 1. The molecule has 14 heteroatoms. The van der Waals surface area contributed by atoms with Crippen molar-refractivity contribution < 1.29 is 38.0 Å². The number of hydrogen-bond acceptors (Lipinski definition) is 11. The molecule has 4 aromatic rings. The van der Waals surface area contributed by atoms with Crippen LogP contribution < -0.4 is 14.4 Å². The zero-order valence-corrected chi connectivity index (χ0v) is 39.3. The van der Waals surface area contributed by atoms with Crippen LogP contribution in [0.3, 0.4) is 0 Å². The minimum atomic E-state index is -2.14. The maximum absolute atomic E-state index is 17.8. The SMILES string of the molecule is CCOC1CC2CN(c3nc(OCC4(CO)CC4)nc4c(F)c(-c5cc(OCOC)cc6cccc(C#C[Si](C(C)C)(C(C)C)C(C)C)c56)ncc34)CC1N2C(=O)OC(C)(C)C. The molecule has 334 valence electrons. The Kier molecular flexibility index (Phi) is 13.1. The van der Waals surface area contributed by atoms with Gasteiger partial charge in [-0.2, -0.15) is 9.97 Å². The lowest BCUT2D eigenvalue weighted by atomic mass is 9.96. The van der Waals surface area contributed by atoms with Crippen LogP contribution in [0.5, 0.6) is 11.8 Å². The van der Waals surface area contributed by atoms with Crippen molar-refractivity contribution in [2.24, 2.45) is 5.41 Å². The van der Waals surface area contributed by atoms with Crippen LogP contribution in [0.1, 0.15) is 94.1 Å². The highest BCUT2D eigenvalue weighted by molar-refractivity contribution is 6.90. The Hall–Kier alpha value is -4.55. The molecule has 2 aromatic carbocycles. The first-order valence-electron chi connectivity index (χ1n) is 22.2. The van der Waals surface area contributed by atoms with E-state index >= 15 is 4.39 Å². The lowest BCUT2D eigenvalue weighted by Crippen LogP contribution is -2.58. The highest BCUT2D eigenvalue weighted by Crippen LogP contribution is 2.46. The fourth-order valence-corrected chi connectivity index (χ4v) is 15.1. The van der Waals surface area contributed by atoms with Crippen molar-refractivity contribution in [1.82, 2.24) is 19.9 Å². The second-order valence-corrected chi connectivity index (χ2v) is 24.9. The minimum Gasteiger partial charge on any atom is -0.468 e. The van der Waals surface area contributed by atoms with Crippen LogP contribution in [0.15, 0.2) is 36.5 Å². The summed E-state index contributed by atoms with van der Waals surface area (Å²) < 4.78 is 47.3. The molecule has 0 spiro atoms. The molecule has 2 saturated heterocycles. The third-order valence-corrected chi connectivity index (χ3v) is 19.4. The van der Waals surface area contributed by atoms with Crippen LogP contribution in [0.4, 0.5) is 15.0 Å². The summed E-state index contributed by atoms with van der Waals surface area (Å²) in [5.74, 6) is 3.92. The van der Waals surface area contributed by atoms with Gasteiger partial charge in [0.1, 0.15) is 36.5 Å². The van der Waals surface area contributed by atoms with Gasteiger partial charge in [0.2, 0.25) is 0 Å². The maximum Gasteiger partial charge on any atom is 0.411 e. The number of amides is 1. The fraction of sp³-hybridized carbons (Fsp3) is 0.583. The fourth-order valence-electron chi connectivity index (χ4n) is 9.84. The predicted molar refractivity (Wildman–Crippen MR) is 243 cm³/mol. The molecule has 3 fully saturated rings. The first-order valence-corrected chi connectivity index (χ1v) is 24.4. The van der Waals surface area contributed by atoms with Gasteiger partial charge < -0.3 is 33.7 Å². The summed E-state index contributed by atoms with van der Waals surface area (Å²) in [5, 5.41) is 12.1. The smallest absolute Gasteiger partial charge is 0.411 e. The summed E-state index contributed by atoms with van der Waals surface area (Å²) in [6, 6.07) is 9.06. The van der Waals surface area contributed by atoms with Crippen LogP contribution in [0.25, 0.3) is 32.9 Å². The van der Waals surface area contributed by atoms with Gasteiger partial charge in [-0.15, -0.1) is 5.54 Å². The molecule has 0 radical (unpaired) electrons. The van der Waals surface area contributed by atoms with Gasteiger partial charge in [0.15, 0.2) is 12.6 Å². The standard InChI is InChI=1S/C48H64FN5O7Si/c1-12-58-39-21-34-24-53(25-38(39)54(34)46(56)61-47(8,9)10)44-37-23-50-42(41(49)43(37)51-45(52-44)59-27-48(26-55)17-18-48)36-22-35(60-28-57-11)20-33-15-13-14-32(40(33)36)16-19-62(29(2)3,30(4)5)31(6)7/h13-15,20,22-23,29-31,34,38-39,55H,12,17-18,21,24-28H2,1-11H3. The van der Waals surface area contributed by atoms with Crippen molar-refractivity contribution in [2.75, 3.05) is 51.7 Å². The summed E-state index contributed by atoms with van der Waals surface area (Å²) >= 11 is 0. The Morgan fingerprint density at radius 2 is 1.77 bits per heavy atom. The monoisotopic (exact) mass is 869 g/mol. The Morgan fingerprint density at radius 3 is 2.40 bits per heavy atom. The van der Waals surface area contributed by atoms with E-state index in [0.29, 0.717) is 65.3 Å². The van der Waals surface area contributed by atoms with E-state index in [2.05, 4.69) is 57.9 Å². The number of hydrogen-bond donors (Lipinski definition) is 1. The Bertz CT molecular complexity index is 2330. The van der Waals surface area contributed by atoms with Crippen LogP contribution >= 0.6 is 0 Å².